The van der Waals surface area contributed by atoms with Gasteiger partial charge in [-0.1, -0.05) is 52.9 Å². The molecule has 0 saturated heterocycles. The third kappa shape index (κ3) is 5.43. The van der Waals surface area contributed by atoms with Crippen LogP contribution in [-0.2, 0) is 0 Å². The fourth-order valence-corrected chi connectivity index (χ4v) is 9.15. The average molecular weight is 435 g/mol. The monoisotopic (exact) mass is 434 g/mol. The molecule has 0 N–H and O–H groups in total. The van der Waals surface area contributed by atoms with Crippen LogP contribution in [0.2, 0.25) is 0 Å². The van der Waals surface area contributed by atoms with Gasteiger partial charge < -0.3 is 0 Å². The second kappa shape index (κ2) is 10.9. The van der Waals surface area contributed by atoms with E-state index < -0.39 is 0 Å². The van der Waals surface area contributed by atoms with Gasteiger partial charge in [-0.05, 0) is 124 Å². The van der Waals surface area contributed by atoms with E-state index in [1.807, 2.05) is 0 Å². The molecule has 0 aromatic heterocycles. The normalized spacial score (nSPS) is 48.4. The van der Waals surface area contributed by atoms with Gasteiger partial charge >= 0.3 is 0 Å². The second-order valence-corrected chi connectivity index (χ2v) is 12.9. The summed E-state index contributed by atoms with van der Waals surface area (Å²) in [6, 6.07) is 0. The Morgan fingerprint density at radius 3 is 1.47 bits per heavy atom. The molecule has 0 spiro atoms. The van der Waals surface area contributed by atoms with Crippen LogP contribution in [-0.4, -0.2) is 5.38 Å². The molecule has 4 atom stereocenters. The summed E-state index contributed by atoms with van der Waals surface area (Å²) in [7, 11) is 0. The maximum atomic E-state index is 6.96. The highest BCUT2D eigenvalue weighted by molar-refractivity contribution is 6.21. The summed E-state index contributed by atoms with van der Waals surface area (Å²) in [6.07, 6.45) is 24.2. The lowest BCUT2D eigenvalue weighted by Crippen LogP contribution is -2.38. The first kappa shape index (κ1) is 23.4. The summed E-state index contributed by atoms with van der Waals surface area (Å²) in [4.78, 5) is 0. The molecule has 4 aliphatic rings. The molecule has 4 rings (SSSR count). The lowest BCUT2D eigenvalue weighted by Gasteiger charge is -2.45. The fraction of sp³-hybridized carbons (Fsp3) is 1.00. The Kier molecular flexibility index (Phi) is 8.55. The zero-order valence-corrected chi connectivity index (χ0v) is 21.2. The maximum Gasteiger partial charge on any atom is 0.0395 e. The SMILES string of the molecule is CCCC1CCC(C2CCC(C3CCC(C4CCC(C)C(C)C4Cl)CC3)CC2)CC1. The van der Waals surface area contributed by atoms with E-state index in [0.717, 1.165) is 53.3 Å². The van der Waals surface area contributed by atoms with E-state index in [9.17, 15) is 0 Å². The van der Waals surface area contributed by atoms with Gasteiger partial charge in [-0.2, -0.15) is 0 Å². The largest absolute Gasteiger partial charge is 0.122 e. The van der Waals surface area contributed by atoms with Crippen molar-refractivity contribution in [3.05, 3.63) is 0 Å². The molecule has 0 nitrogen and oxygen atoms in total. The quantitative estimate of drug-likeness (QED) is 0.377. The Hall–Kier alpha value is 0.290. The van der Waals surface area contributed by atoms with Gasteiger partial charge in [0.1, 0.15) is 0 Å². The average Bonchev–Trinajstić information content (AvgIpc) is 2.79. The summed E-state index contributed by atoms with van der Waals surface area (Å²) < 4.78 is 0. The van der Waals surface area contributed by atoms with Crippen molar-refractivity contribution in [1.29, 1.82) is 0 Å². The summed E-state index contributed by atoms with van der Waals surface area (Å²) in [6.45, 7) is 7.19. The van der Waals surface area contributed by atoms with Crippen LogP contribution in [0, 0.1) is 53.3 Å². The van der Waals surface area contributed by atoms with Crippen molar-refractivity contribution in [3.8, 4) is 0 Å². The first-order valence-corrected chi connectivity index (χ1v) is 14.6. The molecule has 174 valence electrons. The molecule has 0 amide bonds. The number of alkyl halides is 1. The van der Waals surface area contributed by atoms with Crippen LogP contribution in [0.5, 0.6) is 0 Å². The van der Waals surface area contributed by atoms with Crippen LogP contribution < -0.4 is 0 Å². The first-order chi connectivity index (χ1) is 14.6. The maximum absolute atomic E-state index is 6.96. The minimum atomic E-state index is 0.443. The summed E-state index contributed by atoms with van der Waals surface area (Å²) in [5.74, 6) is 8.67. The molecule has 4 aliphatic carbocycles. The number of halogens is 1. The predicted octanol–water partition coefficient (Wildman–Crippen LogP) is 9.50. The molecule has 0 radical (unpaired) electrons. The number of rotatable bonds is 5. The van der Waals surface area contributed by atoms with Gasteiger partial charge in [0.15, 0.2) is 0 Å². The molecule has 4 fully saturated rings. The van der Waals surface area contributed by atoms with E-state index in [1.165, 1.54) is 51.4 Å². The van der Waals surface area contributed by atoms with Gasteiger partial charge in [0.2, 0.25) is 0 Å². The van der Waals surface area contributed by atoms with E-state index in [-0.39, 0.29) is 0 Å². The van der Waals surface area contributed by atoms with Crippen molar-refractivity contribution in [1.82, 2.24) is 0 Å². The summed E-state index contributed by atoms with van der Waals surface area (Å²) >= 11 is 6.96. The molecule has 0 aliphatic heterocycles. The van der Waals surface area contributed by atoms with Gasteiger partial charge in [0.05, 0.1) is 0 Å². The zero-order chi connectivity index (χ0) is 21.1. The van der Waals surface area contributed by atoms with Crippen LogP contribution in [0.25, 0.3) is 0 Å². The van der Waals surface area contributed by atoms with E-state index in [0.29, 0.717) is 5.38 Å². The molecule has 0 aromatic rings. The van der Waals surface area contributed by atoms with Crippen LogP contribution >= 0.6 is 11.6 Å². The third-order valence-corrected chi connectivity index (χ3v) is 11.6. The van der Waals surface area contributed by atoms with Crippen molar-refractivity contribution in [3.63, 3.8) is 0 Å². The number of hydrogen-bond acceptors (Lipinski definition) is 0. The van der Waals surface area contributed by atoms with E-state index in [4.69, 9.17) is 11.6 Å². The minimum Gasteiger partial charge on any atom is -0.122 e. The Bertz CT molecular complexity index is 490. The molecule has 4 saturated carbocycles. The smallest absolute Gasteiger partial charge is 0.0395 e. The van der Waals surface area contributed by atoms with Gasteiger partial charge in [-0.25, -0.2) is 0 Å². The Balaban J connectivity index is 1.18. The standard InChI is InChI=1S/C29H51Cl/c1-4-5-22-7-9-23(10-8-22)24-11-13-25(14-12-24)26-15-17-27(18-16-26)28-19-6-20(2)21(3)29(28)30/h20-29H,4-19H2,1-3H3. The van der Waals surface area contributed by atoms with Crippen LogP contribution in [0.1, 0.15) is 124 Å². The molecule has 1 heteroatoms. The molecule has 0 heterocycles. The van der Waals surface area contributed by atoms with Crippen LogP contribution in [0.15, 0.2) is 0 Å². The first-order valence-electron chi connectivity index (χ1n) is 14.2. The van der Waals surface area contributed by atoms with Gasteiger partial charge in [-0.15, -0.1) is 11.6 Å². The molecule has 0 aromatic carbocycles. The van der Waals surface area contributed by atoms with Crippen molar-refractivity contribution < 1.29 is 0 Å². The van der Waals surface area contributed by atoms with E-state index in [2.05, 4.69) is 20.8 Å². The Morgan fingerprint density at radius 2 is 1.00 bits per heavy atom. The van der Waals surface area contributed by atoms with Crippen molar-refractivity contribution in [2.45, 2.75) is 129 Å². The summed E-state index contributed by atoms with van der Waals surface area (Å²) in [5.41, 5.74) is 0. The topological polar surface area (TPSA) is 0 Å². The van der Waals surface area contributed by atoms with Crippen molar-refractivity contribution >= 4 is 11.6 Å². The Labute approximate surface area is 193 Å². The van der Waals surface area contributed by atoms with Crippen LogP contribution in [0.3, 0.4) is 0 Å². The minimum absolute atomic E-state index is 0.443. The highest BCUT2D eigenvalue weighted by Gasteiger charge is 2.40. The van der Waals surface area contributed by atoms with Crippen LogP contribution in [0.4, 0.5) is 0 Å². The van der Waals surface area contributed by atoms with E-state index in [1.54, 1.807) is 51.4 Å². The summed E-state index contributed by atoms with van der Waals surface area (Å²) in [5, 5.41) is 0.443. The molecular weight excluding hydrogens is 384 g/mol. The third-order valence-electron chi connectivity index (χ3n) is 10.9. The molecular formula is C29H51Cl. The van der Waals surface area contributed by atoms with Gasteiger partial charge in [0.25, 0.3) is 0 Å². The highest BCUT2D eigenvalue weighted by atomic mass is 35.5. The van der Waals surface area contributed by atoms with E-state index >= 15 is 0 Å². The Morgan fingerprint density at radius 1 is 0.567 bits per heavy atom. The highest BCUT2D eigenvalue weighted by Crippen LogP contribution is 2.49. The molecule has 0 bridgehead atoms. The second-order valence-electron chi connectivity index (χ2n) is 12.4. The lowest BCUT2D eigenvalue weighted by molar-refractivity contribution is 0.0791. The van der Waals surface area contributed by atoms with Gasteiger partial charge in [0, 0.05) is 5.38 Å². The fourth-order valence-electron chi connectivity index (χ4n) is 8.57. The van der Waals surface area contributed by atoms with Crippen molar-refractivity contribution in [2.75, 3.05) is 0 Å². The lowest BCUT2D eigenvalue weighted by atomic mass is 9.62. The predicted molar refractivity (Wildman–Crippen MR) is 132 cm³/mol. The van der Waals surface area contributed by atoms with Crippen molar-refractivity contribution in [2.24, 2.45) is 53.3 Å². The number of hydrogen-bond donors (Lipinski definition) is 0. The molecule has 4 unspecified atom stereocenters. The molecule has 30 heavy (non-hydrogen) atoms. The zero-order valence-electron chi connectivity index (χ0n) is 20.5. The van der Waals surface area contributed by atoms with Gasteiger partial charge in [-0.3, -0.25) is 0 Å².